The third-order valence-electron chi connectivity index (χ3n) is 25.8. The molecule has 0 amide bonds. The fraction of sp³-hybridized carbons (Fsp3) is 0.0413. The van der Waals surface area contributed by atoms with Crippen molar-refractivity contribution in [3.8, 4) is 116 Å². The molecule has 0 saturated carbocycles. The number of hydrogen-bond donors (Lipinski definition) is 0. The number of thiophene rings is 7. The summed E-state index contributed by atoms with van der Waals surface area (Å²) in [7, 11) is -2.25. The highest BCUT2D eigenvalue weighted by atomic mass is 32.2. The lowest BCUT2D eigenvalue weighted by molar-refractivity contribution is 0.795. The summed E-state index contributed by atoms with van der Waals surface area (Å²) in [6, 6.07) is 151. The van der Waals surface area contributed by atoms with Gasteiger partial charge < -0.3 is 0 Å². The standard InChI is InChI=1S/C49H32.C46H36S2Si.C26H16S6/c1-5-13-33(14-6-1)37-21-25-41-42-26-22-38(34-15-7-2-8-16-34)30-46(42)49(45(41)29-37)47-31-39(35-17-9-3-10-18-35)23-27-43(47)44-28-24-40(32-48(44)49)36-19-11-4-12-20-36;1-49(2)45(35-25-21-31(22-26-35)41-29-37-17-9-11-19-39(37)47-41)43(33-13-5-3-6-14-33)44(34-15-7-4-8-16-34)46(49)36-27-23-32(24-28-36)42-30-38-18-10-12-20-40(38)48-42;1-3-19(27-15-1)21-11-13-25(31-21)23-9-7-17(29-23)5-6-18-8-10-24(30-18)26-14-12-22(32-26)20-4-2-16-28-20/h1-32H;3-30,37,39H,1-2H3;1-16H. The van der Waals surface area contributed by atoms with Gasteiger partial charge >= 0.3 is 0 Å². The van der Waals surface area contributed by atoms with Gasteiger partial charge in [0.15, 0.2) is 0 Å². The highest BCUT2D eigenvalue weighted by Crippen LogP contribution is 2.65. The molecule has 20 aromatic rings. The Morgan fingerprint density at radius 2 is 0.608 bits per heavy atom. The summed E-state index contributed by atoms with van der Waals surface area (Å²) in [6.45, 7) is 5.12. The van der Waals surface area contributed by atoms with Crippen LogP contribution in [0.1, 0.15) is 59.8 Å². The Morgan fingerprint density at radius 1 is 0.262 bits per heavy atom. The van der Waals surface area contributed by atoms with Gasteiger partial charge in [0.25, 0.3) is 0 Å². The smallest absolute Gasteiger partial charge is 0.115 e. The minimum Gasteiger partial charge on any atom is -0.143 e. The first-order valence-corrected chi connectivity index (χ1v) is 53.9. The number of thioether (sulfide) groups is 1. The lowest BCUT2D eigenvalue weighted by Gasteiger charge is -2.32. The van der Waals surface area contributed by atoms with Crippen LogP contribution >= 0.6 is 91.1 Å². The number of fused-ring (bicyclic) bond motifs is 12. The third-order valence-corrected chi connectivity index (χ3v) is 38.7. The first-order valence-electron chi connectivity index (χ1n) is 44.2. The molecule has 0 saturated heterocycles. The molecule has 2 atom stereocenters. The van der Waals surface area contributed by atoms with Gasteiger partial charge in [-0.15, -0.1) is 91.1 Å². The van der Waals surface area contributed by atoms with Gasteiger partial charge in [-0.2, -0.15) is 0 Å². The molecule has 5 aliphatic rings. The van der Waals surface area contributed by atoms with E-state index >= 15 is 0 Å². The van der Waals surface area contributed by atoms with Crippen molar-refractivity contribution in [3.63, 3.8) is 0 Å². The summed E-state index contributed by atoms with van der Waals surface area (Å²) in [5.74, 6) is 0.490. The van der Waals surface area contributed by atoms with Crippen molar-refractivity contribution in [2.24, 2.45) is 5.92 Å². The van der Waals surface area contributed by atoms with Crippen molar-refractivity contribution in [1.29, 1.82) is 0 Å². The van der Waals surface area contributed by atoms with E-state index in [1.807, 2.05) is 68.4 Å². The van der Waals surface area contributed by atoms with Crippen LogP contribution in [-0.4, -0.2) is 13.3 Å². The summed E-state index contributed by atoms with van der Waals surface area (Å²) < 4.78 is 1.34. The highest BCUT2D eigenvalue weighted by molar-refractivity contribution is 8.09. The second-order valence-corrected chi connectivity index (χ2v) is 46.7. The highest BCUT2D eigenvalue weighted by Gasteiger charge is 2.53. The van der Waals surface area contributed by atoms with Crippen LogP contribution in [0.25, 0.3) is 165 Å². The van der Waals surface area contributed by atoms with Gasteiger partial charge in [0.05, 0.1) is 5.41 Å². The van der Waals surface area contributed by atoms with E-state index < -0.39 is 13.5 Å². The van der Waals surface area contributed by atoms with E-state index in [9.17, 15) is 0 Å². The minimum absolute atomic E-state index is 0.490. The van der Waals surface area contributed by atoms with Crippen LogP contribution in [0.2, 0.25) is 13.1 Å². The topological polar surface area (TPSA) is 0 Å². The molecular formula is C121H84S8Si. The van der Waals surface area contributed by atoms with Crippen LogP contribution in [0.5, 0.6) is 0 Å². The van der Waals surface area contributed by atoms with E-state index in [0.717, 1.165) is 0 Å². The van der Waals surface area contributed by atoms with Crippen molar-refractivity contribution in [3.05, 3.63) is 507 Å². The minimum atomic E-state index is -2.25. The Balaban J connectivity index is 0.000000114. The molecule has 0 nitrogen and oxygen atoms in total. The maximum Gasteiger partial charge on any atom is 0.115 e. The molecule has 7 aromatic heterocycles. The van der Waals surface area contributed by atoms with E-state index in [-0.39, 0.29) is 0 Å². The number of hydrogen-bond acceptors (Lipinski definition) is 8. The van der Waals surface area contributed by atoms with Gasteiger partial charge in [-0.3, -0.25) is 0 Å². The van der Waals surface area contributed by atoms with Gasteiger partial charge in [-0.05, 0) is 269 Å². The van der Waals surface area contributed by atoms with Crippen molar-refractivity contribution in [1.82, 2.24) is 0 Å². The molecule has 1 spiro atoms. The molecule has 3 aliphatic carbocycles. The number of benzene rings is 13. The maximum atomic E-state index is 2.56. The first-order chi connectivity index (χ1) is 64.1. The van der Waals surface area contributed by atoms with Gasteiger partial charge in [0.2, 0.25) is 0 Å². The third kappa shape index (κ3) is 15.4. The molecule has 2 aliphatic heterocycles. The van der Waals surface area contributed by atoms with Crippen molar-refractivity contribution in [2.45, 2.75) is 23.8 Å². The summed E-state index contributed by atoms with van der Waals surface area (Å²) in [4.78, 5) is 16.0. The first kappa shape index (κ1) is 81.5. The van der Waals surface area contributed by atoms with Crippen molar-refractivity contribution >= 4 is 148 Å². The zero-order valence-electron chi connectivity index (χ0n) is 71.3. The monoisotopic (exact) mass is 1820 g/mol. The molecule has 2 unspecified atom stereocenters. The van der Waals surface area contributed by atoms with Gasteiger partial charge in [0, 0.05) is 74.4 Å². The van der Waals surface area contributed by atoms with Crippen molar-refractivity contribution in [2.75, 3.05) is 0 Å². The predicted octanol–water partition coefficient (Wildman–Crippen LogP) is 36.7. The Kier molecular flexibility index (Phi) is 22.0. The predicted molar refractivity (Wildman–Crippen MR) is 574 cm³/mol. The number of allylic oxidation sites excluding steroid dienone is 6. The largest absolute Gasteiger partial charge is 0.143 e. The molecule has 620 valence electrons. The lowest BCUT2D eigenvalue weighted by atomic mass is 9.69. The van der Waals surface area contributed by atoms with E-state index in [2.05, 4.69) is 473 Å². The summed E-state index contributed by atoms with van der Waals surface area (Å²) in [6.07, 6.45) is 16.0. The fourth-order valence-electron chi connectivity index (χ4n) is 19.7. The van der Waals surface area contributed by atoms with Gasteiger partial charge in [-0.1, -0.05) is 353 Å². The van der Waals surface area contributed by atoms with Crippen LogP contribution in [0.4, 0.5) is 0 Å². The van der Waals surface area contributed by atoms with Crippen LogP contribution in [0, 0.1) is 5.92 Å². The SMILES string of the molecule is C(=Cc1ccc(-c2ccc(-c3cccs3)s2)s1)c1ccc(-c2ccc(-c3cccs3)s2)s1.C[Si]1(C)C(c2ccc(C3=CC4C=CC=CC4S3)cc2)=C(c2ccccc2)C(c2ccccc2)=C1c1ccc(-c2cc3ccccc3s2)cc1.c1ccc(-c2ccc3c(c2)C2(c4cc(-c5ccccc5)ccc4-3)c3cc(-c4ccccc4)ccc3-c3ccc(-c4ccccc4)cc32)cc1. The molecule has 0 N–H and O–H groups in total. The Labute approximate surface area is 793 Å². The summed E-state index contributed by atoms with van der Waals surface area (Å²) in [5, 5.41) is 9.13. The zero-order chi connectivity index (χ0) is 86.6. The molecule has 25 rings (SSSR count). The molecule has 9 heteroatoms. The van der Waals surface area contributed by atoms with Crippen LogP contribution < -0.4 is 0 Å². The quantitative estimate of drug-likeness (QED) is 0.0869. The molecule has 0 radical (unpaired) electrons. The van der Waals surface area contributed by atoms with Crippen molar-refractivity contribution < 1.29 is 0 Å². The van der Waals surface area contributed by atoms with E-state index in [0.29, 0.717) is 11.2 Å². The molecule has 130 heavy (non-hydrogen) atoms. The Bertz CT molecular complexity index is 7270. The molecular weight excluding hydrogens is 1740 g/mol. The lowest BCUT2D eigenvalue weighted by Crippen LogP contribution is -2.28. The molecule has 9 heterocycles. The second-order valence-electron chi connectivity index (χ2n) is 33.9. The van der Waals surface area contributed by atoms with Gasteiger partial charge in [-0.25, -0.2) is 0 Å². The van der Waals surface area contributed by atoms with E-state index in [4.69, 9.17) is 0 Å². The average molecular weight is 1820 g/mol. The Hall–Kier alpha value is -13.0. The van der Waals surface area contributed by atoms with Crippen LogP contribution in [0.15, 0.2) is 448 Å². The van der Waals surface area contributed by atoms with E-state index in [1.165, 1.54) is 213 Å². The van der Waals surface area contributed by atoms with Gasteiger partial charge in [0.1, 0.15) is 8.07 Å². The zero-order valence-corrected chi connectivity index (χ0v) is 78.8. The summed E-state index contributed by atoms with van der Waals surface area (Å²) >= 11 is 14.9. The average Bonchev–Trinajstić information content (AvgIpc) is 1.50. The molecule has 0 bridgehead atoms. The van der Waals surface area contributed by atoms with E-state index in [1.54, 1.807) is 22.7 Å². The maximum absolute atomic E-state index is 2.56. The molecule has 13 aromatic carbocycles. The summed E-state index contributed by atoms with van der Waals surface area (Å²) in [5.41, 5.74) is 30.6. The normalized spacial score (nSPS) is 15.1. The molecule has 0 fully saturated rings. The number of rotatable bonds is 16. The van der Waals surface area contributed by atoms with Crippen LogP contribution in [-0.2, 0) is 5.41 Å². The van der Waals surface area contributed by atoms with Crippen LogP contribution in [0.3, 0.4) is 0 Å². The fourth-order valence-corrected chi connectivity index (χ4v) is 31.6. The Morgan fingerprint density at radius 3 is 1.00 bits per heavy atom. The second kappa shape index (κ2) is 35.1.